The molecule has 0 aromatic carbocycles. The molecule has 0 bridgehead atoms. The van der Waals surface area contributed by atoms with E-state index in [0.29, 0.717) is 6.04 Å². The predicted molar refractivity (Wildman–Crippen MR) is 87.9 cm³/mol. The SMILES string of the molecule is c1nc(NCC2CCCCC2)c2ncn(C3CCCC3)c2n1. The molecule has 2 aromatic heterocycles. The molecule has 4 rings (SSSR count). The highest BCUT2D eigenvalue weighted by atomic mass is 15.2. The number of hydrogen-bond donors (Lipinski definition) is 1. The Hall–Kier alpha value is -1.65. The monoisotopic (exact) mass is 299 g/mol. The predicted octanol–water partition coefficient (Wildman–Crippen LogP) is 3.93. The summed E-state index contributed by atoms with van der Waals surface area (Å²) in [6.45, 7) is 1.02. The fourth-order valence-electron chi connectivity index (χ4n) is 4.06. The zero-order chi connectivity index (χ0) is 14.8. The minimum atomic E-state index is 0.575. The Morgan fingerprint density at radius 2 is 1.73 bits per heavy atom. The van der Waals surface area contributed by atoms with Gasteiger partial charge in [0.15, 0.2) is 11.5 Å². The Morgan fingerprint density at radius 1 is 0.955 bits per heavy atom. The quantitative estimate of drug-likeness (QED) is 0.929. The van der Waals surface area contributed by atoms with Gasteiger partial charge < -0.3 is 9.88 Å². The molecule has 5 heteroatoms. The smallest absolute Gasteiger partial charge is 0.165 e. The van der Waals surface area contributed by atoms with Gasteiger partial charge in [0.05, 0.1) is 6.33 Å². The molecule has 2 fully saturated rings. The van der Waals surface area contributed by atoms with Crippen LogP contribution in [-0.2, 0) is 0 Å². The van der Waals surface area contributed by atoms with E-state index in [2.05, 4.69) is 24.8 Å². The molecular weight excluding hydrogens is 274 g/mol. The van der Waals surface area contributed by atoms with Crippen LogP contribution in [0.2, 0.25) is 0 Å². The van der Waals surface area contributed by atoms with Gasteiger partial charge in [-0.1, -0.05) is 32.1 Å². The normalized spacial score (nSPS) is 20.7. The topological polar surface area (TPSA) is 55.6 Å². The third-order valence-corrected chi connectivity index (χ3v) is 5.36. The Kier molecular flexibility index (Phi) is 3.95. The number of nitrogens with one attached hydrogen (secondary N) is 1. The number of aromatic nitrogens is 4. The highest BCUT2D eigenvalue weighted by molar-refractivity contribution is 5.82. The average Bonchev–Trinajstić information content (AvgIpc) is 3.22. The first-order valence-corrected chi connectivity index (χ1v) is 8.83. The first-order valence-electron chi connectivity index (χ1n) is 8.83. The van der Waals surface area contributed by atoms with Gasteiger partial charge in [0.1, 0.15) is 11.8 Å². The molecule has 2 heterocycles. The molecule has 0 saturated heterocycles. The summed E-state index contributed by atoms with van der Waals surface area (Å²) in [5, 5.41) is 3.53. The van der Waals surface area contributed by atoms with E-state index in [9.17, 15) is 0 Å². The van der Waals surface area contributed by atoms with E-state index in [1.54, 1.807) is 6.33 Å². The second-order valence-corrected chi connectivity index (χ2v) is 6.87. The van der Waals surface area contributed by atoms with Crippen molar-refractivity contribution in [2.45, 2.75) is 63.8 Å². The molecule has 0 radical (unpaired) electrons. The summed E-state index contributed by atoms with van der Waals surface area (Å²) in [4.78, 5) is 13.5. The first-order chi connectivity index (χ1) is 10.9. The third-order valence-electron chi connectivity index (χ3n) is 5.36. The number of imidazole rings is 1. The van der Waals surface area contributed by atoms with Crippen molar-refractivity contribution < 1.29 is 0 Å². The molecule has 118 valence electrons. The molecule has 0 aliphatic heterocycles. The van der Waals surface area contributed by atoms with E-state index >= 15 is 0 Å². The summed E-state index contributed by atoms with van der Waals surface area (Å²) in [6, 6.07) is 0.575. The zero-order valence-electron chi connectivity index (χ0n) is 13.2. The summed E-state index contributed by atoms with van der Waals surface area (Å²) in [6.07, 6.45) is 15.6. The van der Waals surface area contributed by atoms with Crippen LogP contribution in [0.25, 0.3) is 11.2 Å². The standard InChI is InChI=1S/C17H25N5/c1-2-6-13(7-3-1)10-18-16-15-17(20-11-19-16)22(12-21-15)14-8-4-5-9-14/h11-14H,1-10H2,(H,18,19,20). The van der Waals surface area contributed by atoms with Gasteiger partial charge in [0.2, 0.25) is 0 Å². The van der Waals surface area contributed by atoms with Crippen molar-refractivity contribution in [3.8, 4) is 0 Å². The Labute approximate surface area is 131 Å². The number of hydrogen-bond acceptors (Lipinski definition) is 4. The van der Waals surface area contributed by atoms with Gasteiger partial charge in [-0.2, -0.15) is 0 Å². The van der Waals surface area contributed by atoms with Crippen LogP contribution in [0.1, 0.15) is 63.8 Å². The van der Waals surface area contributed by atoms with Crippen LogP contribution in [0.15, 0.2) is 12.7 Å². The fraction of sp³-hybridized carbons (Fsp3) is 0.706. The molecule has 1 N–H and O–H groups in total. The van der Waals surface area contributed by atoms with Gasteiger partial charge in [0, 0.05) is 12.6 Å². The van der Waals surface area contributed by atoms with Crippen LogP contribution in [0.5, 0.6) is 0 Å². The molecule has 0 spiro atoms. The highest BCUT2D eigenvalue weighted by Gasteiger charge is 2.21. The van der Waals surface area contributed by atoms with Gasteiger partial charge in [-0.3, -0.25) is 0 Å². The lowest BCUT2D eigenvalue weighted by Gasteiger charge is -2.22. The summed E-state index contributed by atoms with van der Waals surface area (Å²) in [5.41, 5.74) is 1.93. The van der Waals surface area contributed by atoms with E-state index in [0.717, 1.165) is 29.4 Å². The maximum absolute atomic E-state index is 4.60. The van der Waals surface area contributed by atoms with E-state index in [1.165, 1.54) is 57.8 Å². The number of rotatable bonds is 4. The minimum absolute atomic E-state index is 0.575. The summed E-state index contributed by atoms with van der Waals surface area (Å²) in [5.74, 6) is 1.70. The third kappa shape index (κ3) is 2.69. The van der Waals surface area contributed by atoms with E-state index < -0.39 is 0 Å². The van der Waals surface area contributed by atoms with Gasteiger partial charge in [-0.15, -0.1) is 0 Å². The fourth-order valence-corrected chi connectivity index (χ4v) is 4.06. The minimum Gasteiger partial charge on any atom is -0.368 e. The van der Waals surface area contributed by atoms with Crippen molar-refractivity contribution in [1.29, 1.82) is 0 Å². The highest BCUT2D eigenvalue weighted by Crippen LogP contribution is 2.32. The largest absolute Gasteiger partial charge is 0.368 e. The van der Waals surface area contributed by atoms with Gasteiger partial charge in [-0.25, -0.2) is 15.0 Å². The Balaban J connectivity index is 1.53. The average molecular weight is 299 g/mol. The van der Waals surface area contributed by atoms with Crippen molar-refractivity contribution in [3.63, 3.8) is 0 Å². The maximum atomic E-state index is 4.60. The first kappa shape index (κ1) is 14.0. The molecule has 2 aliphatic rings. The lowest BCUT2D eigenvalue weighted by Crippen LogP contribution is -2.18. The van der Waals surface area contributed by atoms with Crippen LogP contribution in [-0.4, -0.2) is 26.1 Å². The lowest BCUT2D eigenvalue weighted by atomic mass is 9.89. The molecule has 0 amide bonds. The molecule has 2 aromatic rings. The Bertz CT molecular complexity index is 623. The van der Waals surface area contributed by atoms with Crippen LogP contribution >= 0.6 is 0 Å². The maximum Gasteiger partial charge on any atom is 0.165 e. The molecule has 2 aliphatic carbocycles. The zero-order valence-corrected chi connectivity index (χ0v) is 13.2. The van der Waals surface area contributed by atoms with Crippen LogP contribution in [0, 0.1) is 5.92 Å². The summed E-state index contributed by atoms with van der Waals surface area (Å²) >= 11 is 0. The summed E-state index contributed by atoms with van der Waals surface area (Å²) < 4.78 is 2.26. The number of fused-ring (bicyclic) bond motifs is 1. The molecule has 5 nitrogen and oxygen atoms in total. The van der Waals surface area contributed by atoms with Gasteiger partial charge in [-0.05, 0) is 31.6 Å². The molecule has 0 unspecified atom stereocenters. The number of anilines is 1. The van der Waals surface area contributed by atoms with Crippen molar-refractivity contribution >= 4 is 17.0 Å². The van der Waals surface area contributed by atoms with E-state index in [4.69, 9.17) is 0 Å². The van der Waals surface area contributed by atoms with Gasteiger partial charge >= 0.3 is 0 Å². The second kappa shape index (κ2) is 6.23. The molecular formula is C17H25N5. The van der Waals surface area contributed by atoms with Crippen molar-refractivity contribution in [3.05, 3.63) is 12.7 Å². The van der Waals surface area contributed by atoms with Crippen LogP contribution in [0.4, 0.5) is 5.82 Å². The Morgan fingerprint density at radius 3 is 2.55 bits per heavy atom. The number of nitrogens with zero attached hydrogens (tertiary/aromatic N) is 4. The van der Waals surface area contributed by atoms with Crippen LogP contribution in [0.3, 0.4) is 0 Å². The molecule has 2 saturated carbocycles. The van der Waals surface area contributed by atoms with Crippen molar-refractivity contribution in [1.82, 2.24) is 19.5 Å². The van der Waals surface area contributed by atoms with Crippen molar-refractivity contribution in [2.24, 2.45) is 5.92 Å². The molecule has 0 atom stereocenters. The van der Waals surface area contributed by atoms with E-state index in [1.807, 2.05) is 6.33 Å². The van der Waals surface area contributed by atoms with Gasteiger partial charge in [0.25, 0.3) is 0 Å². The van der Waals surface area contributed by atoms with Crippen molar-refractivity contribution in [2.75, 3.05) is 11.9 Å². The second-order valence-electron chi connectivity index (χ2n) is 6.87. The van der Waals surface area contributed by atoms with E-state index in [-0.39, 0.29) is 0 Å². The molecule has 22 heavy (non-hydrogen) atoms. The lowest BCUT2D eigenvalue weighted by molar-refractivity contribution is 0.373. The van der Waals surface area contributed by atoms with Crippen LogP contribution < -0.4 is 5.32 Å². The summed E-state index contributed by atoms with van der Waals surface area (Å²) in [7, 11) is 0.